The summed E-state index contributed by atoms with van der Waals surface area (Å²) < 4.78 is 40.4. The molecule has 0 bridgehead atoms. The monoisotopic (exact) mass is 291 g/mol. The number of rotatable bonds is 3. The smallest absolute Gasteiger partial charge is 0.194 e. The van der Waals surface area contributed by atoms with Crippen LogP contribution in [0.1, 0.15) is 47.9 Å². The van der Waals surface area contributed by atoms with Gasteiger partial charge in [-0.25, -0.2) is 13.2 Å². The van der Waals surface area contributed by atoms with E-state index in [1.165, 1.54) is 12.5 Å². The van der Waals surface area contributed by atoms with Gasteiger partial charge in [-0.05, 0) is 36.0 Å². The quantitative estimate of drug-likeness (QED) is 0.832. The van der Waals surface area contributed by atoms with E-state index in [1.807, 2.05) is 24.3 Å². The van der Waals surface area contributed by atoms with Gasteiger partial charge in [-0.3, -0.25) is 0 Å². The zero-order chi connectivity index (χ0) is 15.0. The zero-order valence-electron chi connectivity index (χ0n) is 11.5. The SMILES string of the molecule is NC(c1ccccc1C1CCC1)c1ccc(F)c(F)c1F. The third-order valence-electron chi connectivity index (χ3n) is 4.28. The maximum absolute atomic E-state index is 13.9. The van der Waals surface area contributed by atoms with Gasteiger partial charge in [0, 0.05) is 5.56 Å². The lowest BCUT2D eigenvalue weighted by molar-refractivity contribution is 0.414. The van der Waals surface area contributed by atoms with Gasteiger partial charge in [0.25, 0.3) is 0 Å². The predicted molar refractivity (Wildman–Crippen MR) is 75.4 cm³/mol. The van der Waals surface area contributed by atoms with Crippen LogP contribution in [-0.2, 0) is 0 Å². The van der Waals surface area contributed by atoms with Crippen LogP contribution in [0.5, 0.6) is 0 Å². The summed E-state index contributed by atoms with van der Waals surface area (Å²) in [5, 5.41) is 0. The van der Waals surface area contributed by atoms with Crippen molar-refractivity contribution in [2.75, 3.05) is 0 Å². The van der Waals surface area contributed by atoms with Gasteiger partial charge in [-0.1, -0.05) is 36.8 Å². The lowest BCUT2D eigenvalue weighted by atomic mass is 9.76. The predicted octanol–water partition coefficient (Wildman–Crippen LogP) is 4.42. The fourth-order valence-electron chi connectivity index (χ4n) is 2.83. The first-order valence-corrected chi connectivity index (χ1v) is 7.07. The Kier molecular flexibility index (Phi) is 3.72. The largest absolute Gasteiger partial charge is 0.320 e. The minimum Gasteiger partial charge on any atom is -0.320 e. The third kappa shape index (κ3) is 2.44. The highest BCUT2D eigenvalue weighted by atomic mass is 19.2. The minimum absolute atomic E-state index is 0.0133. The van der Waals surface area contributed by atoms with Crippen LogP contribution in [0.4, 0.5) is 13.2 Å². The lowest BCUT2D eigenvalue weighted by Crippen LogP contribution is -2.20. The highest BCUT2D eigenvalue weighted by molar-refractivity contribution is 5.40. The van der Waals surface area contributed by atoms with E-state index in [0.29, 0.717) is 5.92 Å². The van der Waals surface area contributed by atoms with E-state index in [0.717, 1.165) is 30.0 Å². The molecule has 1 aliphatic carbocycles. The molecule has 0 saturated heterocycles. The van der Waals surface area contributed by atoms with Crippen LogP contribution in [0.3, 0.4) is 0 Å². The zero-order valence-corrected chi connectivity index (χ0v) is 11.5. The van der Waals surface area contributed by atoms with Crippen molar-refractivity contribution in [2.24, 2.45) is 5.73 Å². The molecule has 1 fully saturated rings. The van der Waals surface area contributed by atoms with Crippen LogP contribution < -0.4 is 5.73 Å². The van der Waals surface area contributed by atoms with Crippen LogP contribution in [0.15, 0.2) is 36.4 Å². The summed E-state index contributed by atoms with van der Waals surface area (Å²) in [6, 6.07) is 8.91. The van der Waals surface area contributed by atoms with Crippen molar-refractivity contribution in [1.82, 2.24) is 0 Å². The Labute approximate surface area is 121 Å². The summed E-state index contributed by atoms with van der Waals surface area (Å²) in [5.41, 5.74) is 7.98. The standard InChI is InChI=1S/C17H16F3N/c18-14-9-8-13(15(19)16(14)20)17(21)12-7-2-1-6-11(12)10-4-3-5-10/h1-2,6-10,17H,3-5,21H2. The summed E-state index contributed by atoms with van der Waals surface area (Å²) in [5.74, 6) is -3.44. The van der Waals surface area contributed by atoms with Crippen LogP contribution in [-0.4, -0.2) is 0 Å². The molecule has 1 unspecified atom stereocenters. The fraction of sp³-hybridized carbons (Fsp3) is 0.294. The Balaban J connectivity index is 2.03. The van der Waals surface area contributed by atoms with Crippen molar-refractivity contribution in [2.45, 2.75) is 31.2 Å². The topological polar surface area (TPSA) is 26.0 Å². The first-order valence-electron chi connectivity index (χ1n) is 7.07. The third-order valence-corrected chi connectivity index (χ3v) is 4.28. The summed E-state index contributed by atoms with van der Waals surface area (Å²) in [7, 11) is 0. The van der Waals surface area contributed by atoms with E-state index < -0.39 is 23.5 Å². The highest BCUT2D eigenvalue weighted by Gasteiger charge is 2.26. The molecule has 1 aliphatic rings. The van der Waals surface area contributed by atoms with E-state index >= 15 is 0 Å². The Morgan fingerprint density at radius 2 is 1.62 bits per heavy atom. The first-order chi connectivity index (χ1) is 10.1. The molecule has 2 aromatic carbocycles. The van der Waals surface area contributed by atoms with Gasteiger partial charge >= 0.3 is 0 Å². The van der Waals surface area contributed by atoms with Crippen molar-refractivity contribution in [3.05, 3.63) is 70.5 Å². The van der Waals surface area contributed by atoms with Crippen LogP contribution in [0, 0.1) is 17.5 Å². The molecule has 110 valence electrons. The molecular formula is C17H16F3N. The number of halogens is 3. The summed E-state index contributed by atoms with van der Waals surface area (Å²) in [4.78, 5) is 0. The van der Waals surface area contributed by atoms with Gasteiger partial charge in [0.1, 0.15) is 0 Å². The molecule has 3 rings (SSSR count). The van der Waals surface area contributed by atoms with Crippen molar-refractivity contribution in [3.8, 4) is 0 Å². The second kappa shape index (κ2) is 5.53. The Bertz CT molecular complexity index is 665. The highest BCUT2D eigenvalue weighted by Crippen LogP contribution is 2.40. The molecular weight excluding hydrogens is 275 g/mol. The molecule has 2 aromatic rings. The van der Waals surface area contributed by atoms with Crippen LogP contribution >= 0.6 is 0 Å². The van der Waals surface area contributed by atoms with Gasteiger partial charge in [0.05, 0.1) is 6.04 Å². The Morgan fingerprint density at radius 1 is 0.905 bits per heavy atom. The van der Waals surface area contributed by atoms with E-state index in [2.05, 4.69) is 0 Å². The maximum atomic E-state index is 13.9. The van der Waals surface area contributed by atoms with Gasteiger partial charge in [-0.2, -0.15) is 0 Å². The average molecular weight is 291 g/mol. The van der Waals surface area contributed by atoms with Gasteiger partial charge in [0.2, 0.25) is 0 Å². The molecule has 0 aliphatic heterocycles. The van der Waals surface area contributed by atoms with Crippen molar-refractivity contribution in [3.63, 3.8) is 0 Å². The Hall–Kier alpha value is -1.81. The van der Waals surface area contributed by atoms with Gasteiger partial charge < -0.3 is 5.73 Å². The number of hydrogen-bond donors (Lipinski definition) is 1. The minimum atomic E-state index is -1.47. The van der Waals surface area contributed by atoms with Gasteiger partial charge in [0.15, 0.2) is 17.5 Å². The molecule has 0 aromatic heterocycles. The van der Waals surface area contributed by atoms with Crippen molar-refractivity contribution < 1.29 is 13.2 Å². The molecule has 4 heteroatoms. The number of benzene rings is 2. The lowest BCUT2D eigenvalue weighted by Gasteiger charge is -2.29. The second-order valence-corrected chi connectivity index (χ2v) is 5.50. The molecule has 2 N–H and O–H groups in total. The van der Waals surface area contributed by atoms with Crippen LogP contribution in [0.2, 0.25) is 0 Å². The maximum Gasteiger partial charge on any atom is 0.194 e. The fourth-order valence-corrected chi connectivity index (χ4v) is 2.83. The van der Waals surface area contributed by atoms with E-state index in [9.17, 15) is 13.2 Å². The van der Waals surface area contributed by atoms with E-state index in [1.54, 1.807) is 0 Å². The van der Waals surface area contributed by atoms with Crippen LogP contribution in [0.25, 0.3) is 0 Å². The molecule has 0 radical (unpaired) electrons. The van der Waals surface area contributed by atoms with E-state index in [4.69, 9.17) is 5.73 Å². The number of hydrogen-bond acceptors (Lipinski definition) is 1. The summed E-state index contributed by atoms with van der Waals surface area (Å²) in [6.07, 6.45) is 3.35. The normalized spacial score (nSPS) is 16.6. The second-order valence-electron chi connectivity index (χ2n) is 5.50. The van der Waals surface area contributed by atoms with Crippen molar-refractivity contribution in [1.29, 1.82) is 0 Å². The molecule has 0 amide bonds. The average Bonchev–Trinajstić information content (AvgIpc) is 2.43. The summed E-state index contributed by atoms with van der Waals surface area (Å²) in [6.45, 7) is 0. The summed E-state index contributed by atoms with van der Waals surface area (Å²) >= 11 is 0. The number of nitrogens with two attached hydrogens (primary N) is 1. The molecule has 1 atom stereocenters. The van der Waals surface area contributed by atoms with E-state index in [-0.39, 0.29) is 5.56 Å². The van der Waals surface area contributed by atoms with Crippen molar-refractivity contribution >= 4 is 0 Å². The molecule has 0 heterocycles. The molecule has 1 nitrogen and oxygen atoms in total. The van der Waals surface area contributed by atoms with Gasteiger partial charge in [-0.15, -0.1) is 0 Å². The molecule has 0 spiro atoms. The molecule has 1 saturated carbocycles. The molecule has 21 heavy (non-hydrogen) atoms. The Morgan fingerprint density at radius 3 is 2.29 bits per heavy atom. The first kappa shape index (κ1) is 14.1.